The molecule has 0 fully saturated rings. The van der Waals surface area contributed by atoms with Gasteiger partial charge in [0, 0.05) is 0 Å². The van der Waals surface area contributed by atoms with Gasteiger partial charge < -0.3 is 4.57 Å². The zero-order chi connectivity index (χ0) is 17.1. The molecule has 0 aliphatic carbocycles. The molecule has 1 aliphatic heterocycles. The average Bonchev–Trinajstić information content (AvgIpc) is 3.05. The van der Waals surface area contributed by atoms with Crippen molar-refractivity contribution < 1.29 is 22.0 Å². The molecule has 0 saturated carbocycles. The lowest BCUT2D eigenvalue weighted by atomic mass is 10.1. The van der Waals surface area contributed by atoms with E-state index in [1.54, 1.807) is 4.57 Å². The number of rotatable bonds is 1. The number of alkyl halides is 3. The molecule has 2 aromatic carbocycles. The van der Waals surface area contributed by atoms with Gasteiger partial charge in [-0.3, -0.25) is 0 Å². The topological polar surface area (TPSA) is 17.8 Å². The Bertz CT molecular complexity index is 927. The van der Waals surface area contributed by atoms with Crippen molar-refractivity contribution in [3.8, 4) is 0 Å². The van der Waals surface area contributed by atoms with Crippen molar-refractivity contribution in [1.29, 1.82) is 0 Å². The first-order chi connectivity index (χ1) is 11.4. The van der Waals surface area contributed by atoms with Crippen LogP contribution in [0, 0.1) is 11.6 Å². The Morgan fingerprint density at radius 3 is 2.46 bits per heavy atom. The third-order valence-electron chi connectivity index (χ3n) is 3.94. The molecule has 8 heteroatoms. The smallest absolute Gasteiger partial charge is 0.310 e. The van der Waals surface area contributed by atoms with Crippen LogP contribution in [0.4, 0.5) is 22.0 Å². The highest BCUT2D eigenvalue weighted by molar-refractivity contribution is 7.99. The van der Waals surface area contributed by atoms with Gasteiger partial charge in [-0.1, -0.05) is 6.07 Å². The van der Waals surface area contributed by atoms with Gasteiger partial charge in [0.15, 0.2) is 0 Å². The van der Waals surface area contributed by atoms with Crippen LogP contribution >= 0.6 is 11.8 Å². The summed E-state index contributed by atoms with van der Waals surface area (Å²) < 4.78 is 68.3. The van der Waals surface area contributed by atoms with Crippen molar-refractivity contribution in [2.75, 3.05) is 0 Å². The van der Waals surface area contributed by atoms with Crippen molar-refractivity contribution >= 4 is 22.8 Å². The standard InChI is InChI=1S/C16H9F5N2S/c17-9-2-1-3-10(18)14(9)15-23-12-5-4-8(16(19,20)21)6-11(12)22-13(23)7-24-15/h1-6,15H,7H2/t15-/m0/s1. The highest BCUT2D eigenvalue weighted by atomic mass is 32.2. The van der Waals surface area contributed by atoms with Crippen LogP contribution in [0.2, 0.25) is 0 Å². The quantitative estimate of drug-likeness (QED) is 0.563. The second kappa shape index (κ2) is 5.20. The van der Waals surface area contributed by atoms with E-state index in [-0.39, 0.29) is 11.1 Å². The van der Waals surface area contributed by atoms with Crippen molar-refractivity contribution in [2.24, 2.45) is 0 Å². The van der Waals surface area contributed by atoms with E-state index < -0.39 is 28.7 Å². The number of imidazole rings is 1. The van der Waals surface area contributed by atoms with Gasteiger partial charge in [-0.15, -0.1) is 11.8 Å². The predicted octanol–water partition coefficient (Wildman–Crippen LogP) is 5.13. The SMILES string of the molecule is Fc1cccc(F)c1[C@@H]1SCc2nc3cc(C(F)(F)F)ccc3n21. The highest BCUT2D eigenvalue weighted by Gasteiger charge is 2.34. The van der Waals surface area contributed by atoms with Gasteiger partial charge in [0.25, 0.3) is 0 Å². The van der Waals surface area contributed by atoms with Gasteiger partial charge in [0.1, 0.15) is 22.8 Å². The van der Waals surface area contributed by atoms with E-state index >= 15 is 0 Å². The van der Waals surface area contributed by atoms with E-state index in [0.717, 1.165) is 24.3 Å². The average molecular weight is 356 g/mol. The summed E-state index contributed by atoms with van der Waals surface area (Å²) in [4.78, 5) is 4.20. The van der Waals surface area contributed by atoms with E-state index in [1.165, 1.54) is 23.9 Å². The predicted molar refractivity (Wildman–Crippen MR) is 80.5 cm³/mol. The Hall–Kier alpha value is -2.09. The maximum absolute atomic E-state index is 14.1. The molecule has 1 aliphatic rings. The lowest BCUT2D eigenvalue weighted by molar-refractivity contribution is -0.137. The molecule has 0 spiro atoms. The van der Waals surface area contributed by atoms with Crippen LogP contribution in [0.1, 0.15) is 22.3 Å². The maximum Gasteiger partial charge on any atom is 0.416 e. The van der Waals surface area contributed by atoms with Gasteiger partial charge in [0.05, 0.1) is 27.9 Å². The second-order valence-corrected chi connectivity index (χ2v) is 6.47. The van der Waals surface area contributed by atoms with Crippen LogP contribution in [-0.2, 0) is 11.9 Å². The summed E-state index contributed by atoms with van der Waals surface area (Å²) in [6.07, 6.45) is -4.46. The molecule has 3 aromatic rings. The van der Waals surface area contributed by atoms with Crippen molar-refractivity contribution in [1.82, 2.24) is 9.55 Å². The minimum absolute atomic E-state index is 0.111. The molecule has 124 valence electrons. The first-order valence-electron chi connectivity index (χ1n) is 7.00. The summed E-state index contributed by atoms with van der Waals surface area (Å²) in [5.41, 5.74) is -0.314. The van der Waals surface area contributed by atoms with Gasteiger partial charge in [-0.05, 0) is 30.3 Å². The number of hydrogen-bond acceptors (Lipinski definition) is 2. The van der Waals surface area contributed by atoms with Crippen molar-refractivity contribution in [2.45, 2.75) is 17.3 Å². The number of hydrogen-bond donors (Lipinski definition) is 0. The van der Waals surface area contributed by atoms with E-state index in [4.69, 9.17) is 0 Å². The van der Waals surface area contributed by atoms with Crippen molar-refractivity contribution in [3.05, 3.63) is 65.0 Å². The normalized spacial score (nSPS) is 17.5. The van der Waals surface area contributed by atoms with Crippen LogP contribution in [0.25, 0.3) is 11.0 Å². The molecule has 0 radical (unpaired) electrons. The van der Waals surface area contributed by atoms with Crippen LogP contribution in [0.5, 0.6) is 0 Å². The number of fused-ring (bicyclic) bond motifs is 3. The summed E-state index contributed by atoms with van der Waals surface area (Å²) in [5.74, 6) is -0.501. The molecule has 0 N–H and O–H groups in total. The third kappa shape index (κ3) is 2.28. The van der Waals surface area contributed by atoms with Crippen LogP contribution in [0.3, 0.4) is 0 Å². The highest BCUT2D eigenvalue weighted by Crippen LogP contribution is 2.45. The molecular formula is C16H9F5N2S. The first-order valence-corrected chi connectivity index (χ1v) is 8.04. The summed E-state index contributed by atoms with van der Waals surface area (Å²) in [7, 11) is 0. The lowest BCUT2D eigenvalue weighted by Gasteiger charge is -2.16. The number of aromatic nitrogens is 2. The Morgan fingerprint density at radius 2 is 1.79 bits per heavy atom. The minimum atomic E-state index is -4.46. The molecule has 1 atom stereocenters. The zero-order valence-corrected chi connectivity index (χ0v) is 12.8. The Morgan fingerprint density at radius 1 is 1.08 bits per heavy atom. The molecule has 2 heterocycles. The molecule has 0 bridgehead atoms. The fraction of sp³-hybridized carbons (Fsp3) is 0.188. The fourth-order valence-corrected chi connectivity index (χ4v) is 4.16. The number of nitrogens with zero attached hydrogens (tertiary/aromatic N) is 2. The van der Waals surface area contributed by atoms with Crippen LogP contribution in [-0.4, -0.2) is 9.55 Å². The maximum atomic E-state index is 14.1. The van der Waals surface area contributed by atoms with Gasteiger partial charge in [-0.2, -0.15) is 13.2 Å². The third-order valence-corrected chi connectivity index (χ3v) is 5.13. The Labute approximate surface area is 137 Å². The summed E-state index contributed by atoms with van der Waals surface area (Å²) in [6, 6.07) is 6.81. The molecule has 0 saturated heterocycles. The molecular weight excluding hydrogens is 347 g/mol. The molecule has 24 heavy (non-hydrogen) atoms. The number of benzene rings is 2. The Balaban J connectivity index is 1.89. The van der Waals surface area contributed by atoms with Gasteiger partial charge in [0.2, 0.25) is 0 Å². The second-order valence-electron chi connectivity index (χ2n) is 5.40. The van der Waals surface area contributed by atoms with Crippen molar-refractivity contribution in [3.63, 3.8) is 0 Å². The van der Waals surface area contributed by atoms with E-state index in [0.29, 0.717) is 17.1 Å². The largest absolute Gasteiger partial charge is 0.416 e. The first kappa shape index (κ1) is 15.4. The fourth-order valence-electron chi connectivity index (χ4n) is 2.88. The zero-order valence-electron chi connectivity index (χ0n) is 11.9. The van der Waals surface area contributed by atoms with E-state index in [1.807, 2.05) is 0 Å². The summed E-state index contributed by atoms with van der Waals surface area (Å²) >= 11 is 1.28. The van der Waals surface area contributed by atoms with Crippen LogP contribution in [0.15, 0.2) is 36.4 Å². The molecule has 0 unspecified atom stereocenters. The summed E-state index contributed by atoms with van der Waals surface area (Å²) in [5, 5.41) is -0.692. The lowest BCUT2D eigenvalue weighted by Crippen LogP contribution is -2.08. The molecule has 2 nitrogen and oxygen atoms in total. The summed E-state index contributed by atoms with van der Waals surface area (Å²) in [6.45, 7) is 0. The Kier molecular flexibility index (Phi) is 3.35. The minimum Gasteiger partial charge on any atom is -0.310 e. The van der Waals surface area contributed by atoms with Gasteiger partial charge in [-0.25, -0.2) is 13.8 Å². The molecule has 1 aromatic heterocycles. The monoisotopic (exact) mass is 356 g/mol. The van der Waals surface area contributed by atoms with E-state index in [9.17, 15) is 22.0 Å². The van der Waals surface area contributed by atoms with Crippen LogP contribution < -0.4 is 0 Å². The number of halogens is 5. The van der Waals surface area contributed by atoms with E-state index in [2.05, 4.69) is 4.98 Å². The molecule has 0 amide bonds. The van der Waals surface area contributed by atoms with Gasteiger partial charge >= 0.3 is 6.18 Å². The number of thioether (sulfide) groups is 1. The molecule has 4 rings (SSSR count).